The molecule has 0 saturated carbocycles. The number of ether oxygens (including phenoxy) is 10. The molecule has 2 heterocycles. The number of unbranched alkanes of at least 4 members (excludes halogenated alkanes) is 1. The summed E-state index contributed by atoms with van der Waals surface area (Å²) in [5, 5.41) is 4.25. The molecule has 0 amide bonds. The number of allylic oxidation sites excluding steroid dienone is 1. The first-order chi connectivity index (χ1) is 33.4. The van der Waals surface area contributed by atoms with Crippen LogP contribution in [0.25, 0.3) is 10.4 Å². The van der Waals surface area contributed by atoms with E-state index in [0.29, 0.717) is 12.8 Å². The second kappa shape index (κ2) is 26.3. The molecular weight excluding hydrogens is 871 g/mol. The highest BCUT2D eigenvalue weighted by Crippen LogP contribution is 2.37. The van der Waals surface area contributed by atoms with Crippen molar-refractivity contribution in [3.8, 4) is 0 Å². The Morgan fingerprint density at radius 3 is 1.68 bits per heavy atom. The Morgan fingerprint density at radius 1 is 0.632 bits per heavy atom. The number of hydrogen-bond donors (Lipinski definition) is 0. The van der Waals surface area contributed by atoms with Crippen molar-refractivity contribution in [1.82, 2.24) is 0 Å². The van der Waals surface area contributed by atoms with Crippen LogP contribution in [-0.4, -0.2) is 93.6 Å². The van der Waals surface area contributed by atoms with E-state index in [1.165, 1.54) is 7.11 Å². The summed E-state index contributed by atoms with van der Waals surface area (Å²) in [6, 6.07) is 45.3. The molecule has 0 N–H and O–H groups in total. The molecule has 15 nitrogen and oxygen atoms in total. The molecule has 68 heavy (non-hydrogen) atoms. The smallest absolute Gasteiger partial charge is 0.338 e. The molecule has 0 aliphatic carbocycles. The van der Waals surface area contributed by atoms with Crippen LogP contribution in [0.3, 0.4) is 0 Å². The number of benzene rings is 5. The van der Waals surface area contributed by atoms with Crippen LogP contribution in [0.4, 0.5) is 0 Å². The third kappa shape index (κ3) is 13.9. The van der Waals surface area contributed by atoms with Gasteiger partial charge in [-0.05, 0) is 52.8 Å². The lowest BCUT2D eigenvalue weighted by Crippen LogP contribution is -2.66. The van der Waals surface area contributed by atoms with Gasteiger partial charge >= 0.3 is 11.9 Å². The number of carbonyl (C=O) groups excluding carboxylic acids is 2. The zero-order valence-electron chi connectivity index (χ0n) is 37.9. The summed E-state index contributed by atoms with van der Waals surface area (Å²) in [6.07, 6.45) is -8.30. The van der Waals surface area contributed by atoms with Gasteiger partial charge in [0, 0.05) is 4.91 Å². The van der Waals surface area contributed by atoms with E-state index in [-0.39, 0.29) is 45.2 Å². The number of rotatable bonds is 24. The van der Waals surface area contributed by atoms with Crippen LogP contribution in [0, 0.1) is 0 Å². The molecular formula is C53H57N3O12. The zero-order chi connectivity index (χ0) is 47.3. The monoisotopic (exact) mass is 927 g/mol. The molecule has 2 fully saturated rings. The van der Waals surface area contributed by atoms with E-state index in [4.69, 9.17) is 47.4 Å². The Kier molecular flexibility index (Phi) is 19.2. The lowest BCUT2D eigenvalue weighted by atomic mass is 9.94. The number of carbonyl (C=O) groups is 2. The highest BCUT2D eigenvalue weighted by atomic mass is 16.8. The van der Waals surface area contributed by atoms with Gasteiger partial charge in [0.05, 0.1) is 52.3 Å². The first-order valence-corrected chi connectivity index (χ1v) is 22.6. The Bertz CT molecular complexity index is 2330. The summed E-state index contributed by atoms with van der Waals surface area (Å²) in [7, 11) is 1.21. The van der Waals surface area contributed by atoms with E-state index >= 15 is 0 Å². The molecule has 15 heteroatoms. The summed E-state index contributed by atoms with van der Waals surface area (Å²) in [5.74, 6) is -1.54. The first-order valence-electron chi connectivity index (χ1n) is 22.6. The number of methoxy groups -OCH3 is 1. The van der Waals surface area contributed by atoms with Gasteiger partial charge < -0.3 is 47.4 Å². The SMILES string of the molecule is C=CCCCO[C@@H]1O[C@H](C(=O)OC)[C@@H](O[C@@H]2O[C@H](COCc3ccccc3)[C@@H](OCc3ccccc3)[C@H](OCc3ccccc3)[C@H]2N=[N+]=[N-])[C@H](OCc2ccccc2)[C@H]1OC(=O)c1ccccc1. The Labute approximate surface area is 396 Å². The quantitative estimate of drug-likeness (QED) is 0.0144. The molecule has 2 saturated heterocycles. The lowest BCUT2D eigenvalue weighted by Gasteiger charge is -2.49. The van der Waals surface area contributed by atoms with Crippen LogP contribution in [0.15, 0.2) is 169 Å². The van der Waals surface area contributed by atoms with Gasteiger partial charge in [0.15, 0.2) is 24.8 Å². The molecule has 0 bridgehead atoms. The summed E-state index contributed by atoms with van der Waals surface area (Å²) < 4.78 is 64.5. The Morgan fingerprint density at radius 2 is 1.15 bits per heavy atom. The van der Waals surface area contributed by atoms with Gasteiger partial charge in [-0.1, -0.05) is 151 Å². The van der Waals surface area contributed by atoms with E-state index < -0.39 is 73.3 Å². The van der Waals surface area contributed by atoms with Gasteiger partial charge in [-0.3, -0.25) is 0 Å². The molecule has 10 atom stereocenters. The third-order valence-electron chi connectivity index (χ3n) is 11.4. The van der Waals surface area contributed by atoms with Crippen molar-refractivity contribution < 1.29 is 57.0 Å². The Balaban J connectivity index is 1.29. The summed E-state index contributed by atoms with van der Waals surface area (Å²) >= 11 is 0. The molecule has 0 radical (unpaired) electrons. The molecule has 2 aliphatic rings. The molecule has 0 unspecified atom stereocenters. The van der Waals surface area contributed by atoms with Crippen LogP contribution in [0.1, 0.15) is 45.5 Å². The van der Waals surface area contributed by atoms with Crippen molar-refractivity contribution in [2.45, 2.75) is 101 Å². The van der Waals surface area contributed by atoms with Gasteiger partial charge in [-0.25, -0.2) is 9.59 Å². The normalized spacial score (nSPS) is 24.5. The van der Waals surface area contributed by atoms with Crippen LogP contribution >= 0.6 is 0 Å². The summed E-state index contributed by atoms with van der Waals surface area (Å²) in [6.45, 7) is 4.42. The van der Waals surface area contributed by atoms with Crippen LogP contribution in [0.5, 0.6) is 0 Å². The van der Waals surface area contributed by atoms with Crippen molar-refractivity contribution in [2.24, 2.45) is 5.11 Å². The van der Waals surface area contributed by atoms with Crippen LogP contribution < -0.4 is 0 Å². The molecule has 2 aliphatic heterocycles. The van der Waals surface area contributed by atoms with Crippen molar-refractivity contribution in [3.05, 3.63) is 203 Å². The highest BCUT2D eigenvalue weighted by Gasteiger charge is 2.56. The predicted octanol–water partition coefficient (Wildman–Crippen LogP) is 8.85. The van der Waals surface area contributed by atoms with Gasteiger partial charge in [0.1, 0.15) is 36.6 Å². The van der Waals surface area contributed by atoms with E-state index in [0.717, 1.165) is 22.3 Å². The third-order valence-corrected chi connectivity index (χ3v) is 11.4. The van der Waals surface area contributed by atoms with Crippen molar-refractivity contribution in [1.29, 1.82) is 0 Å². The largest absolute Gasteiger partial charge is 0.467 e. The van der Waals surface area contributed by atoms with Crippen molar-refractivity contribution in [3.63, 3.8) is 0 Å². The minimum atomic E-state index is -1.55. The molecule has 5 aromatic carbocycles. The van der Waals surface area contributed by atoms with Crippen LogP contribution in [0.2, 0.25) is 0 Å². The molecule has 0 aromatic heterocycles. The van der Waals surface area contributed by atoms with E-state index in [9.17, 15) is 15.1 Å². The first kappa shape index (κ1) is 49.7. The van der Waals surface area contributed by atoms with Gasteiger partial charge in [-0.2, -0.15) is 0 Å². The second-order valence-corrected chi connectivity index (χ2v) is 16.1. The fourth-order valence-corrected chi connectivity index (χ4v) is 7.94. The molecule has 5 aromatic rings. The van der Waals surface area contributed by atoms with Gasteiger partial charge in [0.25, 0.3) is 0 Å². The Hall–Kier alpha value is -6.23. The van der Waals surface area contributed by atoms with E-state index in [1.54, 1.807) is 36.4 Å². The fraction of sp³-hybridized carbons (Fsp3) is 0.358. The van der Waals surface area contributed by atoms with Crippen molar-refractivity contribution >= 4 is 11.9 Å². The molecule has 0 spiro atoms. The van der Waals surface area contributed by atoms with E-state index in [1.807, 2.05) is 121 Å². The lowest BCUT2D eigenvalue weighted by molar-refractivity contribution is -0.349. The van der Waals surface area contributed by atoms with E-state index in [2.05, 4.69) is 16.6 Å². The van der Waals surface area contributed by atoms with Crippen molar-refractivity contribution in [2.75, 3.05) is 20.3 Å². The standard InChI is InChI=1S/C53H57N3O12/c1-3-4-20-31-61-53-49(66-50(57)41-29-18-9-19-30-41)46(64-35-40-27-16-8-17-28-40)47(48(68-53)51(58)59-2)67-52-43(55-56-54)45(63-34-39-25-14-7-15-26-39)44(62-33-38-23-12-6-13-24-38)42(65-52)36-60-32-37-21-10-5-11-22-37/h3,5-19,21-30,42-49,52-53H,1,4,20,31-36H2,2H3/t42-,43-,44-,45-,46+,47+,48+,49-,52+,53-/m1/s1. The maximum atomic E-state index is 14.0. The zero-order valence-corrected chi connectivity index (χ0v) is 37.9. The number of esters is 2. The maximum absolute atomic E-state index is 14.0. The maximum Gasteiger partial charge on any atom is 0.338 e. The number of nitrogens with zero attached hydrogens (tertiary/aromatic N) is 3. The average molecular weight is 928 g/mol. The summed E-state index contributed by atoms with van der Waals surface area (Å²) in [4.78, 5) is 31.2. The summed E-state index contributed by atoms with van der Waals surface area (Å²) in [5.41, 5.74) is 13.9. The predicted molar refractivity (Wildman–Crippen MR) is 249 cm³/mol. The number of hydrogen-bond acceptors (Lipinski definition) is 13. The minimum Gasteiger partial charge on any atom is -0.467 e. The van der Waals surface area contributed by atoms with Gasteiger partial charge in [-0.15, -0.1) is 6.58 Å². The fourth-order valence-electron chi connectivity index (χ4n) is 7.94. The molecule has 7 rings (SSSR count). The van der Waals surface area contributed by atoms with Crippen LogP contribution in [-0.2, 0) is 78.6 Å². The second-order valence-electron chi connectivity index (χ2n) is 16.1. The highest BCUT2D eigenvalue weighted by molar-refractivity contribution is 5.89. The number of azide groups is 1. The minimum absolute atomic E-state index is 0.0126. The van der Waals surface area contributed by atoms with Gasteiger partial charge in [0.2, 0.25) is 0 Å². The average Bonchev–Trinajstić information content (AvgIpc) is 3.38. The molecule has 356 valence electrons. The topological polar surface area (TPSA) is 175 Å².